The third kappa shape index (κ3) is 5.07. The van der Waals surface area contributed by atoms with Gasteiger partial charge in [-0.3, -0.25) is 5.32 Å². The first kappa shape index (κ1) is 15.8. The molecule has 1 heterocycles. The summed E-state index contributed by atoms with van der Waals surface area (Å²) in [6.07, 6.45) is 8.52. The zero-order valence-electron chi connectivity index (χ0n) is 13.5. The Hall–Kier alpha value is -0.590. The van der Waals surface area contributed by atoms with Crippen molar-refractivity contribution in [2.75, 3.05) is 19.6 Å². The first-order chi connectivity index (χ1) is 9.42. The van der Waals surface area contributed by atoms with Crippen molar-refractivity contribution in [3.8, 4) is 6.07 Å². The van der Waals surface area contributed by atoms with Crippen LogP contribution in [0.25, 0.3) is 0 Å². The van der Waals surface area contributed by atoms with Crippen molar-refractivity contribution in [1.82, 2.24) is 10.2 Å². The van der Waals surface area contributed by atoms with Gasteiger partial charge in [0.1, 0.15) is 5.54 Å². The van der Waals surface area contributed by atoms with E-state index >= 15 is 0 Å². The monoisotopic (exact) mass is 277 g/mol. The first-order valence-electron chi connectivity index (χ1n) is 8.34. The van der Waals surface area contributed by atoms with Crippen LogP contribution in [0.5, 0.6) is 0 Å². The summed E-state index contributed by atoms with van der Waals surface area (Å²) in [4.78, 5) is 2.60. The Kier molecular flexibility index (Phi) is 5.09. The van der Waals surface area contributed by atoms with Crippen LogP contribution in [0.2, 0.25) is 0 Å². The van der Waals surface area contributed by atoms with Gasteiger partial charge in [0.25, 0.3) is 0 Å². The molecule has 3 nitrogen and oxygen atoms in total. The van der Waals surface area contributed by atoms with E-state index in [-0.39, 0.29) is 5.54 Å². The topological polar surface area (TPSA) is 39.1 Å². The normalized spacial score (nSPS) is 25.9. The van der Waals surface area contributed by atoms with E-state index in [0.717, 1.165) is 12.8 Å². The molecule has 1 atom stereocenters. The van der Waals surface area contributed by atoms with Crippen LogP contribution in [0.1, 0.15) is 65.7 Å². The summed E-state index contributed by atoms with van der Waals surface area (Å²) in [5.74, 6) is 0. The molecule has 0 radical (unpaired) electrons. The number of nitriles is 1. The number of unbranched alkanes of at least 4 members (excludes halogenated alkanes) is 1. The van der Waals surface area contributed by atoms with Crippen LogP contribution in [0.3, 0.4) is 0 Å². The number of hydrogen-bond acceptors (Lipinski definition) is 3. The van der Waals surface area contributed by atoms with Gasteiger partial charge in [-0.2, -0.15) is 5.26 Å². The molecule has 1 unspecified atom stereocenters. The lowest BCUT2D eigenvalue weighted by atomic mass is 9.82. The predicted molar refractivity (Wildman–Crippen MR) is 83.5 cm³/mol. The minimum atomic E-state index is -0.301. The highest BCUT2D eigenvalue weighted by molar-refractivity contribution is 5.06. The molecule has 0 aromatic heterocycles. The SMILES string of the molecule is CC1(C)CCN(CCCCC(C)(C#N)NC2CC2)CC1. The van der Waals surface area contributed by atoms with Crippen molar-refractivity contribution < 1.29 is 0 Å². The van der Waals surface area contributed by atoms with Gasteiger partial charge in [0.15, 0.2) is 0 Å². The fraction of sp³-hybridized carbons (Fsp3) is 0.941. The molecule has 3 heteroatoms. The summed E-state index contributed by atoms with van der Waals surface area (Å²) in [5.41, 5.74) is 0.245. The second kappa shape index (κ2) is 6.45. The first-order valence-corrected chi connectivity index (χ1v) is 8.34. The number of nitrogens with one attached hydrogen (secondary N) is 1. The zero-order chi connectivity index (χ0) is 14.6. The standard InChI is InChI=1S/C17H31N3/c1-16(2)9-12-20(13-10-16)11-5-4-8-17(3,14-18)19-15-6-7-15/h15,19H,4-13H2,1-3H3. The Balaban J connectivity index is 1.60. The van der Waals surface area contributed by atoms with E-state index in [9.17, 15) is 5.26 Å². The molecule has 1 saturated heterocycles. The quantitative estimate of drug-likeness (QED) is 0.726. The van der Waals surface area contributed by atoms with E-state index in [0.29, 0.717) is 11.5 Å². The van der Waals surface area contributed by atoms with E-state index in [1.165, 1.54) is 51.7 Å². The molecule has 0 aromatic carbocycles. The minimum absolute atomic E-state index is 0.301. The molecule has 2 fully saturated rings. The van der Waals surface area contributed by atoms with Crippen LogP contribution in [-0.2, 0) is 0 Å². The number of likely N-dealkylation sites (tertiary alicyclic amines) is 1. The predicted octanol–water partition coefficient (Wildman–Crippen LogP) is 3.31. The number of hydrogen-bond donors (Lipinski definition) is 1. The van der Waals surface area contributed by atoms with Gasteiger partial charge in [-0.15, -0.1) is 0 Å². The number of piperidine rings is 1. The summed E-state index contributed by atoms with van der Waals surface area (Å²) in [7, 11) is 0. The molecule has 0 spiro atoms. The van der Waals surface area contributed by atoms with Crippen molar-refractivity contribution in [1.29, 1.82) is 5.26 Å². The van der Waals surface area contributed by atoms with E-state index in [4.69, 9.17) is 0 Å². The maximum absolute atomic E-state index is 9.34. The fourth-order valence-corrected chi connectivity index (χ4v) is 3.03. The zero-order valence-corrected chi connectivity index (χ0v) is 13.5. The molecule has 1 aliphatic carbocycles. The Labute approximate surface area is 124 Å². The lowest BCUT2D eigenvalue weighted by Gasteiger charge is -2.37. The van der Waals surface area contributed by atoms with Gasteiger partial charge in [-0.05, 0) is 76.9 Å². The Bertz CT molecular complexity index is 344. The highest BCUT2D eigenvalue weighted by atomic mass is 15.1. The van der Waals surface area contributed by atoms with Crippen LogP contribution in [-0.4, -0.2) is 36.1 Å². The van der Waals surface area contributed by atoms with Crippen LogP contribution in [0, 0.1) is 16.7 Å². The largest absolute Gasteiger partial charge is 0.303 e. The lowest BCUT2D eigenvalue weighted by Crippen LogP contribution is -2.42. The molecule has 114 valence electrons. The van der Waals surface area contributed by atoms with Crippen LogP contribution >= 0.6 is 0 Å². The fourth-order valence-electron chi connectivity index (χ4n) is 3.03. The van der Waals surface area contributed by atoms with Crippen molar-refractivity contribution in [2.45, 2.75) is 77.3 Å². The average Bonchev–Trinajstić information content (AvgIpc) is 3.20. The Morgan fingerprint density at radius 3 is 2.45 bits per heavy atom. The minimum Gasteiger partial charge on any atom is -0.303 e. The third-order valence-electron chi connectivity index (χ3n) is 4.96. The maximum Gasteiger partial charge on any atom is 0.104 e. The molecule has 0 amide bonds. The van der Waals surface area contributed by atoms with E-state index in [2.05, 4.69) is 37.1 Å². The van der Waals surface area contributed by atoms with Crippen LogP contribution in [0.15, 0.2) is 0 Å². The molecule has 0 aromatic rings. The maximum atomic E-state index is 9.34. The van der Waals surface area contributed by atoms with Crippen molar-refractivity contribution in [3.05, 3.63) is 0 Å². The van der Waals surface area contributed by atoms with Crippen molar-refractivity contribution in [2.24, 2.45) is 5.41 Å². The van der Waals surface area contributed by atoms with E-state index < -0.39 is 0 Å². The van der Waals surface area contributed by atoms with Gasteiger partial charge in [-0.25, -0.2) is 0 Å². The molecule has 2 rings (SSSR count). The highest BCUT2D eigenvalue weighted by Gasteiger charge is 2.32. The van der Waals surface area contributed by atoms with Crippen LogP contribution in [0.4, 0.5) is 0 Å². The van der Waals surface area contributed by atoms with E-state index in [1.807, 2.05) is 0 Å². The molecular weight excluding hydrogens is 246 g/mol. The van der Waals surface area contributed by atoms with Gasteiger partial charge < -0.3 is 4.90 Å². The summed E-state index contributed by atoms with van der Waals surface area (Å²) in [6.45, 7) is 10.5. The molecule has 1 N–H and O–H groups in total. The highest BCUT2D eigenvalue weighted by Crippen LogP contribution is 2.30. The van der Waals surface area contributed by atoms with Gasteiger partial charge in [0.2, 0.25) is 0 Å². The molecular formula is C17H31N3. The summed E-state index contributed by atoms with van der Waals surface area (Å²) in [6, 6.07) is 3.09. The van der Waals surface area contributed by atoms with Gasteiger partial charge in [0, 0.05) is 6.04 Å². The van der Waals surface area contributed by atoms with E-state index in [1.54, 1.807) is 0 Å². The molecule has 1 saturated carbocycles. The number of nitrogens with zero attached hydrogens (tertiary/aromatic N) is 2. The van der Waals surface area contributed by atoms with Gasteiger partial charge >= 0.3 is 0 Å². The Morgan fingerprint density at radius 1 is 1.25 bits per heavy atom. The van der Waals surface area contributed by atoms with Crippen molar-refractivity contribution in [3.63, 3.8) is 0 Å². The number of rotatable bonds is 7. The van der Waals surface area contributed by atoms with Crippen LogP contribution < -0.4 is 5.32 Å². The van der Waals surface area contributed by atoms with Gasteiger partial charge in [0.05, 0.1) is 6.07 Å². The lowest BCUT2D eigenvalue weighted by molar-refractivity contribution is 0.130. The summed E-state index contributed by atoms with van der Waals surface area (Å²) >= 11 is 0. The molecule has 2 aliphatic rings. The third-order valence-corrected chi connectivity index (χ3v) is 4.96. The Morgan fingerprint density at radius 2 is 1.90 bits per heavy atom. The van der Waals surface area contributed by atoms with Gasteiger partial charge in [-0.1, -0.05) is 13.8 Å². The molecule has 1 aliphatic heterocycles. The summed E-state index contributed by atoms with van der Waals surface area (Å²) in [5, 5.41) is 12.8. The average molecular weight is 277 g/mol. The summed E-state index contributed by atoms with van der Waals surface area (Å²) < 4.78 is 0. The van der Waals surface area contributed by atoms with Crippen molar-refractivity contribution >= 4 is 0 Å². The molecule has 20 heavy (non-hydrogen) atoms. The second-order valence-electron chi connectivity index (χ2n) is 7.83. The molecule has 0 bridgehead atoms. The second-order valence-corrected chi connectivity index (χ2v) is 7.83. The smallest absolute Gasteiger partial charge is 0.104 e.